The molecule has 0 heterocycles. The van der Waals surface area contributed by atoms with Gasteiger partial charge in [-0.15, -0.1) is 0 Å². The fourth-order valence-electron chi connectivity index (χ4n) is 1.85. The zero-order valence-corrected chi connectivity index (χ0v) is 10.4. The van der Waals surface area contributed by atoms with Crippen molar-refractivity contribution in [2.24, 2.45) is 5.92 Å². The highest BCUT2D eigenvalue weighted by Crippen LogP contribution is 2.15. The van der Waals surface area contributed by atoms with Gasteiger partial charge in [0.15, 0.2) is 0 Å². The van der Waals surface area contributed by atoms with E-state index in [4.69, 9.17) is 4.74 Å². The summed E-state index contributed by atoms with van der Waals surface area (Å²) in [7, 11) is 1.71. The molecule has 0 saturated carbocycles. The van der Waals surface area contributed by atoms with Crippen LogP contribution in [0.5, 0.6) is 0 Å². The summed E-state index contributed by atoms with van der Waals surface area (Å²) >= 11 is 0. The first-order valence-electron chi connectivity index (χ1n) is 5.85. The Bertz CT molecular complexity index is 292. The van der Waals surface area contributed by atoms with E-state index in [1.54, 1.807) is 7.11 Å². The highest BCUT2D eigenvalue weighted by molar-refractivity contribution is 5.21. The molecule has 0 aromatic heterocycles. The van der Waals surface area contributed by atoms with Gasteiger partial charge < -0.3 is 9.84 Å². The number of hydrogen-bond acceptors (Lipinski definition) is 2. The van der Waals surface area contributed by atoms with Crippen LogP contribution in [0.1, 0.15) is 24.5 Å². The quantitative estimate of drug-likeness (QED) is 0.801. The molecule has 90 valence electrons. The molecule has 2 unspecified atom stereocenters. The van der Waals surface area contributed by atoms with Gasteiger partial charge in [0.05, 0.1) is 6.10 Å². The van der Waals surface area contributed by atoms with E-state index in [-0.39, 0.29) is 18.6 Å². The Morgan fingerprint density at radius 3 is 2.38 bits per heavy atom. The van der Waals surface area contributed by atoms with Gasteiger partial charge in [0, 0.05) is 13.7 Å². The highest BCUT2D eigenvalue weighted by Gasteiger charge is 2.12. The molecule has 0 saturated heterocycles. The Morgan fingerprint density at radius 1 is 1.25 bits per heavy atom. The Hall–Kier alpha value is -0.860. The van der Waals surface area contributed by atoms with Crippen LogP contribution in [0, 0.1) is 12.8 Å². The van der Waals surface area contributed by atoms with E-state index in [1.165, 1.54) is 11.1 Å². The lowest BCUT2D eigenvalue weighted by atomic mass is 9.94. The van der Waals surface area contributed by atoms with Crippen molar-refractivity contribution >= 4 is 0 Å². The number of methoxy groups -OCH3 is 1. The molecule has 1 aromatic carbocycles. The molecule has 2 atom stereocenters. The lowest BCUT2D eigenvalue weighted by Crippen LogP contribution is -2.17. The van der Waals surface area contributed by atoms with Crippen LogP contribution in [0.15, 0.2) is 24.3 Å². The van der Waals surface area contributed by atoms with Crippen molar-refractivity contribution in [1.82, 2.24) is 0 Å². The minimum Gasteiger partial charge on any atom is -0.396 e. The van der Waals surface area contributed by atoms with Crippen molar-refractivity contribution < 1.29 is 9.84 Å². The van der Waals surface area contributed by atoms with E-state index in [9.17, 15) is 5.11 Å². The van der Waals surface area contributed by atoms with E-state index in [0.717, 1.165) is 12.8 Å². The maximum absolute atomic E-state index is 9.33. The summed E-state index contributed by atoms with van der Waals surface area (Å²) < 4.78 is 5.23. The zero-order valence-electron chi connectivity index (χ0n) is 10.4. The monoisotopic (exact) mass is 222 g/mol. The van der Waals surface area contributed by atoms with Gasteiger partial charge in [-0.05, 0) is 38.2 Å². The lowest BCUT2D eigenvalue weighted by Gasteiger charge is -2.18. The van der Waals surface area contributed by atoms with Gasteiger partial charge in [-0.3, -0.25) is 0 Å². The average Bonchev–Trinajstić information content (AvgIpc) is 2.30. The van der Waals surface area contributed by atoms with Crippen molar-refractivity contribution in [2.75, 3.05) is 13.7 Å². The summed E-state index contributed by atoms with van der Waals surface area (Å²) in [5.74, 6) is 0.289. The molecular formula is C14H22O2. The number of ether oxygens (including phenoxy) is 1. The number of aryl methyl sites for hydroxylation is 1. The summed E-state index contributed by atoms with van der Waals surface area (Å²) in [4.78, 5) is 0. The Labute approximate surface area is 98.3 Å². The van der Waals surface area contributed by atoms with E-state index >= 15 is 0 Å². The number of benzene rings is 1. The maximum Gasteiger partial charge on any atom is 0.0546 e. The summed E-state index contributed by atoms with van der Waals surface area (Å²) in [5.41, 5.74) is 2.56. The van der Waals surface area contributed by atoms with E-state index in [0.29, 0.717) is 0 Å². The molecule has 0 aliphatic rings. The number of hydrogen-bond donors (Lipinski definition) is 1. The summed E-state index contributed by atoms with van der Waals surface area (Å²) in [6, 6.07) is 8.50. The molecule has 0 fully saturated rings. The number of aliphatic hydroxyl groups excluding tert-OH is 1. The largest absolute Gasteiger partial charge is 0.396 e. The van der Waals surface area contributed by atoms with Crippen molar-refractivity contribution in [3.8, 4) is 0 Å². The van der Waals surface area contributed by atoms with Gasteiger partial charge in [0.25, 0.3) is 0 Å². The molecule has 0 radical (unpaired) electrons. The van der Waals surface area contributed by atoms with Crippen molar-refractivity contribution in [2.45, 2.75) is 32.8 Å². The zero-order chi connectivity index (χ0) is 12.0. The molecule has 2 nitrogen and oxygen atoms in total. The Morgan fingerprint density at radius 2 is 1.88 bits per heavy atom. The number of rotatable bonds is 6. The SMILES string of the molecule is COC(C)CC(CO)Cc1ccc(C)cc1. The smallest absolute Gasteiger partial charge is 0.0546 e. The molecular weight excluding hydrogens is 200 g/mol. The van der Waals surface area contributed by atoms with Gasteiger partial charge >= 0.3 is 0 Å². The second-order valence-electron chi connectivity index (χ2n) is 4.52. The summed E-state index contributed by atoms with van der Waals surface area (Å²) in [6.45, 7) is 4.35. The van der Waals surface area contributed by atoms with Gasteiger partial charge in [0.2, 0.25) is 0 Å². The highest BCUT2D eigenvalue weighted by atomic mass is 16.5. The number of aliphatic hydroxyl groups is 1. The van der Waals surface area contributed by atoms with Crippen molar-refractivity contribution in [3.63, 3.8) is 0 Å². The van der Waals surface area contributed by atoms with Crippen LogP contribution in [-0.2, 0) is 11.2 Å². The Kier molecular flexibility index (Phi) is 5.50. The van der Waals surface area contributed by atoms with Gasteiger partial charge in [0.1, 0.15) is 0 Å². The third-order valence-electron chi connectivity index (χ3n) is 2.97. The van der Waals surface area contributed by atoms with Crippen LogP contribution in [0.3, 0.4) is 0 Å². The predicted molar refractivity (Wildman–Crippen MR) is 66.5 cm³/mol. The second-order valence-corrected chi connectivity index (χ2v) is 4.52. The second kappa shape index (κ2) is 6.66. The first kappa shape index (κ1) is 13.2. The first-order valence-corrected chi connectivity index (χ1v) is 5.85. The molecule has 0 spiro atoms. The Balaban J connectivity index is 2.52. The molecule has 0 aliphatic heterocycles. The van der Waals surface area contributed by atoms with Crippen LogP contribution in [-0.4, -0.2) is 24.9 Å². The van der Waals surface area contributed by atoms with Crippen LogP contribution < -0.4 is 0 Å². The first-order chi connectivity index (χ1) is 7.65. The fourth-order valence-corrected chi connectivity index (χ4v) is 1.85. The minimum absolute atomic E-state index is 0.211. The van der Waals surface area contributed by atoms with Gasteiger partial charge in [-0.25, -0.2) is 0 Å². The average molecular weight is 222 g/mol. The molecule has 0 amide bonds. The van der Waals surface area contributed by atoms with E-state index in [2.05, 4.69) is 31.2 Å². The molecule has 1 rings (SSSR count). The van der Waals surface area contributed by atoms with Gasteiger partial charge in [-0.1, -0.05) is 29.8 Å². The standard InChI is InChI=1S/C14H22O2/c1-11-4-6-13(7-5-11)9-14(10-15)8-12(2)16-3/h4-7,12,14-15H,8-10H2,1-3H3. The van der Waals surface area contributed by atoms with Crippen LogP contribution in [0.25, 0.3) is 0 Å². The van der Waals surface area contributed by atoms with Crippen LogP contribution in [0.2, 0.25) is 0 Å². The molecule has 1 N–H and O–H groups in total. The van der Waals surface area contributed by atoms with Crippen molar-refractivity contribution in [3.05, 3.63) is 35.4 Å². The maximum atomic E-state index is 9.33. The topological polar surface area (TPSA) is 29.5 Å². The summed E-state index contributed by atoms with van der Waals surface area (Å²) in [6.07, 6.45) is 2.04. The summed E-state index contributed by atoms with van der Waals surface area (Å²) in [5, 5.41) is 9.33. The molecule has 2 heteroatoms. The third kappa shape index (κ3) is 4.33. The van der Waals surface area contributed by atoms with Gasteiger partial charge in [-0.2, -0.15) is 0 Å². The molecule has 16 heavy (non-hydrogen) atoms. The van der Waals surface area contributed by atoms with E-state index < -0.39 is 0 Å². The molecule has 1 aromatic rings. The van der Waals surface area contributed by atoms with E-state index in [1.807, 2.05) is 6.92 Å². The predicted octanol–water partition coefficient (Wildman–Crippen LogP) is 2.57. The molecule has 0 bridgehead atoms. The fraction of sp³-hybridized carbons (Fsp3) is 0.571. The van der Waals surface area contributed by atoms with Crippen LogP contribution >= 0.6 is 0 Å². The lowest BCUT2D eigenvalue weighted by molar-refractivity contribution is 0.0806. The molecule has 0 aliphatic carbocycles. The van der Waals surface area contributed by atoms with Crippen LogP contribution in [0.4, 0.5) is 0 Å². The third-order valence-corrected chi connectivity index (χ3v) is 2.97. The normalized spacial score (nSPS) is 14.8. The van der Waals surface area contributed by atoms with Crippen molar-refractivity contribution in [1.29, 1.82) is 0 Å². The minimum atomic E-state index is 0.211.